The topological polar surface area (TPSA) is 55.1 Å². The molecule has 0 fully saturated rings. The first-order valence-electron chi connectivity index (χ1n) is 6.73. The number of hydrogen-bond acceptors (Lipinski definition) is 2. The van der Waals surface area contributed by atoms with Gasteiger partial charge < -0.3 is 11.1 Å². The molecule has 2 atom stereocenters. The maximum atomic E-state index is 12.3. The molecule has 3 N–H and O–H groups in total. The molecule has 3 nitrogen and oxygen atoms in total. The number of hydrogen-bond donors (Lipinski definition) is 2. The number of carbonyl (C=O) groups excluding carboxylic acids is 1. The van der Waals surface area contributed by atoms with Gasteiger partial charge in [-0.2, -0.15) is 0 Å². The Labute approximate surface area is 120 Å². The molecule has 1 rings (SSSR count). The Hall–Kier alpha value is -1.06. The Kier molecular flexibility index (Phi) is 5.83. The van der Waals surface area contributed by atoms with Gasteiger partial charge in [0.15, 0.2) is 0 Å². The number of amides is 1. The summed E-state index contributed by atoms with van der Waals surface area (Å²) in [4.78, 5) is 12.3. The van der Waals surface area contributed by atoms with Crippen molar-refractivity contribution in [3.05, 3.63) is 34.9 Å². The number of nitrogens with two attached hydrogens (primary N) is 1. The van der Waals surface area contributed by atoms with Crippen molar-refractivity contribution in [1.82, 2.24) is 5.32 Å². The first kappa shape index (κ1) is 16.0. The normalized spacial score (nSPS) is 15.6. The highest BCUT2D eigenvalue weighted by Crippen LogP contribution is 2.24. The molecule has 0 heterocycles. The first-order valence-corrected chi connectivity index (χ1v) is 7.11. The third-order valence-corrected chi connectivity index (χ3v) is 3.98. The zero-order valence-corrected chi connectivity index (χ0v) is 12.6. The largest absolute Gasteiger partial charge is 0.349 e. The predicted octanol–water partition coefficient (Wildman–Crippen LogP) is 3.28. The van der Waals surface area contributed by atoms with Crippen LogP contribution in [0.25, 0.3) is 0 Å². The number of halogens is 1. The molecule has 1 aromatic carbocycles. The van der Waals surface area contributed by atoms with E-state index in [9.17, 15) is 4.79 Å². The monoisotopic (exact) mass is 282 g/mol. The van der Waals surface area contributed by atoms with Crippen molar-refractivity contribution in [2.24, 2.45) is 11.1 Å². The van der Waals surface area contributed by atoms with Crippen molar-refractivity contribution in [1.29, 1.82) is 0 Å². The fourth-order valence-electron chi connectivity index (χ4n) is 1.87. The maximum absolute atomic E-state index is 12.3. The van der Waals surface area contributed by atoms with Crippen LogP contribution in [0, 0.1) is 5.41 Å². The van der Waals surface area contributed by atoms with Gasteiger partial charge in [0, 0.05) is 11.6 Å². The van der Waals surface area contributed by atoms with Crippen LogP contribution < -0.4 is 11.1 Å². The average molecular weight is 283 g/mol. The quantitative estimate of drug-likeness (QED) is 0.841. The fraction of sp³-hybridized carbons (Fsp3) is 0.533. The summed E-state index contributed by atoms with van der Waals surface area (Å²) in [7, 11) is 0. The van der Waals surface area contributed by atoms with Crippen LogP contribution in [0.1, 0.15) is 45.2 Å². The van der Waals surface area contributed by atoms with E-state index in [1.807, 2.05) is 45.0 Å². The van der Waals surface area contributed by atoms with E-state index in [4.69, 9.17) is 17.3 Å². The van der Waals surface area contributed by atoms with E-state index in [0.29, 0.717) is 11.6 Å². The highest BCUT2D eigenvalue weighted by atomic mass is 35.5. The maximum Gasteiger partial charge on any atom is 0.227 e. The third-order valence-electron chi connectivity index (χ3n) is 3.74. The molecule has 19 heavy (non-hydrogen) atoms. The van der Waals surface area contributed by atoms with Crippen LogP contribution in [-0.4, -0.2) is 12.5 Å². The second kappa shape index (κ2) is 6.92. The molecule has 106 valence electrons. The van der Waals surface area contributed by atoms with E-state index in [-0.39, 0.29) is 11.9 Å². The summed E-state index contributed by atoms with van der Waals surface area (Å²) in [6.45, 7) is 6.26. The van der Waals surface area contributed by atoms with Crippen molar-refractivity contribution in [3.63, 3.8) is 0 Å². The van der Waals surface area contributed by atoms with Crippen molar-refractivity contribution >= 4 is 17.5 Å². The molecule has 0 aliphatic rings. The minimum Gasteiger partial charge on any atom is -0.349 e. The molecule has 0 aliphatic carbocycles. The van der Waals surface area contributed by atoms with Crippen LogP contribution in [0.15, 0.2) is 24.3 Å². The molecular weight excluding hydrogens is 260 g/mol. The van der Waals surface area contributed by atoms with Crippen molar-refractivity contribution in [2.45, 2.75) is 39.7 Å². The number of benzene rings is 1. The molecule has 0 saturated carbocycles. The summed E-state index contributed by atoms with van der Waals surface area (Å²) in [6.07, 6.45) is 1.54. The molecule has 0 bridgehead atoms. The molecule has 0 spiro atoms. The molecule has 1 amide bonds. The first-order chi connectivity index (χ1) is 8.96. The summed E-state index contributed by atoms with van der Waals surface area (Å²) in [6, 6.07) is 7.57. The standard InChI is InChI=1S/C15H23ClN2O/c1-4-13(11-7-6-8-12(16)9-11)18-14(19)15(3,5-2)10-17/h6-9,13H,4-5,10,17H2,1-3H3,(H,18,19). The summed E-state index contributed by atoms with van der Waals surface area (Å²) in [5.74, 6) is 0.00401. The van der Waals surface area contributed by atoms with Crippen LogP contribution in [0.4, 0.5) is 0 Å². The van der Waals surface area contributed by atoms with Gasteiger partial charge in [0.25, 0.3) is 0 Å². The molecule has 1 aromatic rings. The minimum atomic E-state index is -0.508. The molecule has 0 radical (unpaired) electrons. The van der Waals surface area contributed by atoms with E-state index in [2.05, 4.69) is 5.32 Å². The fourth-order valence-corrected chi connectivity index (χ4v) is 2.07. The minimum absolute atomic E-state index is 0.00401. The summed E-state index contributed by atoms with van der Waals surface area (Å²) < 4.78 is 0. The van der Waals surface area contributed by atoms with E-state index in [0.717, 1.165) is 18.4 Å². The molecule has 0 aliphatic heterocycles. The molecule has 0 saturated heterocycles. The Morgan fingerprint density at radius 1 is 1.47 bits per heavy atom. The lowest BCUT2D eigenvalue weighted by molar-refractivity contribution is -0.130. The van der Waals surface area contributed by atoms with E-state index in [1.165, 1.54) is 0 Å². The van der Waals surface area contributed by atoms with Gasteiger partial charge in [-0.1, -0.05) is 37.6 Å². The highest BCUT2D eigenvalue weighted by molar-refractivity contribution is 6.30. The van der Waals surface area contributed by atoms with E-state index >= 15 is 0 Å². The molecule has 0 aromatic heterocycles. The van der Waals surface area contributed by atoms with Crippen LogP contribution in [-0.2, 0) is 4.79 Å². The van der Waals surface area contributed by atoms with Crippen molar-refractivity contribution in [2.75, 3.05) is 6.54 Å². The molecular formula is C15H23ClN2O. The van der Waals surface area contributed by atoms with Crippen LogP contribution >= 0.6 is 11.6 Å². The van der Waals surface area contributed by atoms with Gasteiger partial charge >= 0.3 is 0 Å². The van der Waals surface area contributed by atoms with Gasteiger partial charge in [-0.15, -0.1) is 0 Å². The molecule has 4 heteroatoms. The zero-order valence-electron chi connectivity index (χ0n) is 11.9. The second-order valence-electron chi connectivity index (χ2n) is 5.11. The smallest absolute Gasteiger partial charge is 0.227 e. The van der Waals surface area contributed by atoms with E-state index in [1.54, 1.807) is 0 Å². The van der Waals surface area contributed by atoms with Crippen LogP contribution in [0.5, 0.6) is 0 Å². The summed E-state index contributed by atoms with van der Waals surface area (Å²) in [5, 5.41) is 3.76. The average Bonchev–Trinajstić information content (AvgIpc) is 2.43. The second-order valence-corrected chi connectivity index (χ2v) is 5.54. The Morgan fingerprint density at radius 3 is 2.63 bits per heavy atom. The lowest BCUT2D eigenvalue weighted by Crippen LogP contribution is -2.44. The number of nitrogens with one attached hydrogen (secondary N) is 1. The van der Waals surface area contributed by atoms with Gasteiger partial charge in [-0.3, -0.25) is 4.79 Å². The summed E-state index contributed by atoms with van der Waals surface area (Å²) in [5.41, 5.74) is 6.24. The van der Waals surface area contributed by atoms with Gasteiger partial charge in [0.2, 0.25) is 5.91 Å². The Bertz CT molecular complexity index is 430. The Balaban J connectivity index is 2.86. The van der Waals surface area contributed by atoms with Crippen LogP contribution in [0.2, 0.25) is 5.02 Å². The molecule has 2 unspecified atom stereocenters. The van der Waals surface area contributed by atoms with Crippen molar-refractivity contribution in [3.8, 4) is 0 Å². The number of rotatable bonds is 6. The predicted molar refractivity (Wildman–Crippen MR) is 80.1 cm³/mol. The highest BCUT2D eigenvalue weighted by Gasteiger charge is 2.31. The van der Waals surface area contributed by atoms with E-state index < -0.39 is 5.41 Å². The lowest BCUT2D eigenvalue weighted by atomic mass is 9.86. The number of carbonyl (C=O) groups is 1. The Morgan fingerprint density at radius 2 is 2.16 bits per heavy atom. The van der Waals surface area contributed by atoms with Gasteiger partial charge in [0.1, 0.15) is 0 Å². The zero-order chi connectivity index (χ0) is 14.5. The van der Waals surface area contributed by atoms with Gasteiger partial charge in [0.05, 0.1) is 11.5 Å². The summed E-state index contributed by atoms with van der Waals surface area (Å²) >= 11 is 5.99. The SMILES string of the molecule is CCC(NC(=O)C(C)(CC)CN)c1cccc(Cl)c1. The van der Waals surface area contributed by atoms with Crippen molar-refractivity contribution < 1.29 is 4.79 Å². The lowest BCUT2D eigenvalue weighted by Gasteiger charge is -2.28. The van der Waals surface area contributed by atoms with Crippen LogP contribution in [0.3, 0.4) is 0 Å². The van der Waals surface area contributed by atoms with Gasteiger partial charge in [-0.25, -0.2) is 0 Å². The van der Waals surface area contributed by atoms with Gasteiger partial charge in [-0.05, 0) is 37.5 Å². The third kappa shape index (κ3) is 3.95.